The number of esters is 1. The fraction of sp³-hybridized carbons (Fsp3) is 0.333. The quantitative estimate of drug-likeness (QED) is 0.797. The monoisotopic (exact) mass is 288 g/mol. The van der Waals surface area contributed by atoms with Gasteiger partial charge in [0.25, 0.3) is 0 Å². The number of anilines is 1. The van der Waals surface area contributed by atoms with Crippen LogP contribution in [0.2, 0.25) is 0 Å². The van der Waals surface area contributed by atoms with Crippen molar-refractivity contribution < 1.29 is 9.53 Å². The van der Waals surface area contributed by atoms with Crippen molar-refractivity contribution in [2.24, 2.45) is 0 Å². The molecule has 1 aliphatic heterocycles. The molecule has 4 nitrogen and oxygen atoms in total. The lowest BCUT2D eigenvalue weighted by atomic mass is 10.1. The third-order valence-electron chi connectivity index (χ3n) is 3.46. The molecule has 0 spiro atoms. The molecule has 0 radical (unpaired) electrons. The van der Waals surface area contributed by atoms with Gasteiger partial charge in [-0.2, -0.15) is 0 Å². The van der Waals surface area contributed by atoms with E-state index in [2.05, 4.69) is 16.9 Å². The van der Waals surface area contributed by atoms with Crippen LogP contribution in [0.15, 0.2) is 24.5 Å². The van der Waals surface area contributed by atoms with Gasteiger partial charge in [0.2, 0.25) is 0 Å². The molecular weight excluding hydrogens is 272 g/mol. The number of rotatable bonds is 2. The summed E-state index contributed by atoms with van der Waals surface area (Å²) in [5.41, 5.74) is 3.47. The molecule has 20 heavy (non-hydrogen) atoms. The van der Waals surface area contributed by atoms with Gasteiger partial charge in [-0.25, -0.2) is 4.79 Å². The lowest BCUT2D eigenvalue weighted by molar-refractivity contribution is 0.0532. The van der Waals surface area contributed by atoms with Crippen LogP contribution < -0.4 is 4.90 Å². The van der Waals surface area contributed by atoms with Crippen molar-refractivity contribution in [3.63, 3.8) is 0 Å². The zero-order valence-electron chi connectivity index (χ0n) is 11.5. The van der Waals surface area contributed by atoms with Crippen LogP contribution in [0.5, 0.6) is 0 Å². The van der Waals surface area contributed by atoms with Crippen LogP contribution in [0, 0.1) is 0 Å². The van der Waals surface area contributed by atoms with Crippen molar-refractivity contribution in [3.8, 4) is 10.4 Å². The molecule has 5 heteroatoms. The first kappa shape index (κ1) is 13.1. The van der Waals surface area contributed by atoms with Crippen LogP contribution >= 0.6 is 11.3 Å². The first-order valence-electron chi connectivity index (χ1n) is 6.66. The number of nitrogens with zero attached hydrogens (tertiary/aromatic N) is 2. The molecule has 3 heterocycles. The summed E-state index contributed by atoms with van der Waals surface area (Å²) in [6, 6.07) is 3.99. The summed E-state index contributed by atoms with van der Waals surface area (Å²) >= 11 is 1.50. The molecule has 0 saturated heterocycles. The molecule has 0 bridgehead atoms. The maximum Gasteiger partial charge on any atom is 0.348 e. The minimum Gasteiger partial charge on any atom is -0.462 e. The number of carbonyl (C=O) groups excluding carboxylic acids is 1. The van der Waals surface area contributed by atoms with E-state index in [0.29, 0.717) is 11.5 Å². The second kappa shape index (κ2) is 5.25. The number of hydrogen-bond acceptors (Lipinski definition) is 5. The van der Waals surface area contributed by atoms with Gasteiger partial charge < -0.3 is 9.64 Å². The van der Waals surface area contributed by atoms with E-state index >= 15 is 0 Å². The van der Waals surface area contributed by atoms with Gasteiger partial charge in [0, 0.05) is 42.1 Å². The third kappa shape index (κ3) is 2.18. The molecule has 104 valence electrons. The summed E-state index contributed by atoms with van der Waals surface area (Å²) in [5, 5.41) is 0. The summed E-state index contributed by atoms with van der Waals surface area (Å²) in [6.45, 7) is 3.16. The van der Waals surface area contributed by atoms with Gasteiger partial charge in [-0.1, -0.05) is 0 Å². The molecular formula is C15H16N2O2S. The maximum atomic E-state index is 11.9. The molecule has 2 aromatic heterocycles. The average molecular weight is 288 g/mol. The second-order valence-corrected chi connectivity index (χ2v) is 5.80. The maximum absolute atomic E-state index is 11.9. The van der Waals surface area contributed by atoms with Crippen molar-refractivity contribution >= 4 is 23.0 Å². The number of ether oxygens (including phenoxy) is 1. The van der Waals surface area contributed by atoms with Crippen LogP contribution in [0.3, 0.4) is 0 Å². The Hall–Kier alpha value is -1.88. The predicted molar refractivity (Wildman–Crippen MR) is 80.5 cm³/mol. The highest BCUT2D eigenvalue weighted by molar-refractivity contribution is 7.17. The van der Waals surface area contributed by atoms with Crippen molar-refractivity contribution in [2.45, 2.75) is 13.3 Å². The van der Waals surface area contributed by atoms with E-state index in [1.54, 1.807) is 6.20 Å². The minimum atomic E-state index is -0.232. The summed E-state index contributed by atoms with van der Waals surface area (Å²) in [5.74, 6) is -0.232. The van der Waals surface area contributed by atoms with Crippen LogP contribution in [0.4, 0.5) is 5.69 Å². The average Bonchev–Trinajstić information content (AvgIpc) is 2.84. The fourth-order valence-corrected chi connectivity index (χ4v) is 3.57. The molecule has 3 rings (SSSR count). The van der Waals surface area contributed by atoms with E-state index in [4.69, 9.17) is 4.74 Å². The minimum absolute atomic E-state index is 0.232. The zero-order valence-corrected chi connectivity index (χ0v) is 12.4. The molecule has 2 aromatic rings. The van der Waals surface area contributed by atoms with Crippen LogP contribution in [-0.2, 0) is 11.2 Å². The first-order valence-corrected chi connectivity index (χ1v) is 7.47. The summed E-state index contributed by atoms with van der Waals surface area (Å²) in [7, 11) is 2.08. The molecule has 0 amide bonds. The third-order valence-corrected chi connectivity index (χ3v) is 4.65. The number of pyridine rings is 1. The van der Waals surface area contributed by atoms with E-state index in [0.717, 1.165) is 29.1 Å². The lowest BCUT2D eigenvalue weighted by Gasteiger charge is -2.18. The largest absolute Gasteiger partial charge is 0.462 e. The van der Waals surface area contributed by atoms with Gasteiger partial charge in [0.1, 0.15) is 4.88 Å². The smallest absolute Gasteiger partial charge is 0.348 e. The zero-order chi connectivity index (χ0) is 14.1. The molecule has 0 atom stereocenters. The van der Waals surface area contributed by atoms with Crippen LogP contribution in [-0.4, -0.2) is 31.2 Å². The van der Waals surface area contributed by atoms with E-state index in [9.17, 15) is 4.79 Å². The van der Waals surface area contributed by atoms with Gasteiger partial charge in [-0.3, -0.25) is 4.98 Å². The van der Waals surface area contributed by atoms with E-state index in [-0.39, 0.29) is 5.97 Å². The molecule has 0 saturated carbocycles. The molecule has 0 unspecified atom stereocenters. The molecule has 1 aliphatic rings. The molecule has 0 aliphatic carbocycles. The molecule has 0 fully saturated rings. The normalized spacial score (nSPS) is 13.4. The number of aromatic nitrogens is 1. The Balaban J connectivity index is 2.09. The Kier molecular flexibility index (Phi) is 3.44. The highest BCUT2D eigenvalue weighted by atomic mass is 32.1. The Morgan fingerprint density at radius 3 is 3.20 bits per heavy atom. The Bertz CT molecular complexity index is 651. The van der Waals surface area contributed by atoms with Crippen molar-refractivity contribution in [3.05, 3.63) is 35.0 Å². The lowest BCUT2D eigenvalue weighted by Crippen LogP contribution is -2.19. The highest BCUT2D eigenvalue weighted by Gasteiger charge is 2.22. The van der Waals surface area contributed by atoms with Gasteiger partial charge in [0.15, 0.2) is 0 Å². The molecule has 0 N–H and O–H groups in total. The van der Waals surface area contributed by atoms with Crippen molar-refractivity contribution in [2.75, 3.05) is 25.1 Å². The highest BCUT2D eigenvalue weighted by Crippen LogP contribution is 2.40. The molecule has 0 aromatic carbocycles. The standard InChI is InChI=1S/C15H16N2O2S/c1-3-19-15(18)13-8-10-5-7-17(2)12-4-6-16-9-11(12)14(10)20-13/h4,6,8-9H,3,5,7H2,1-2H3. The Labute approximate surface area is 122 Å². The van der Waals surface area contributed by atoms with E-state index in [1.807, 2.05) is 25.3 Å². The van der Waals surface area contributed by atoms with Crippen LogP contribution in [0.1, 0.15) is 22.2 Å². The summed E-state index contributed by atoms with van der Waals surface area (Å²) < 4.78 is 5.09. The number of thiophene rings is 1. The Morgan fingerprint density at radius 1 is 1.55 bits per heavy atom. The summed E-state index contributed by atoms with van der Waals surface area (Å²) in [6.07, 6.45) is 4.61. The fourth-order valence-electron chi connectivity index (χ4n) is 2.45. The first-order chi connectivity index (χ1) is 9.70. The van der Waals surface area contributed by atoms with Gasteiger partial charge in [0.05, 0.1) is 6.61 Å². The second-order valence-electron chi connectivity index (χ2n) is 4.75. The summed E-state index contributed by atoms with van der Waals surface area (Å²) in [4.78, 5) is 20.2. The van der Waals surface area contributed by atoms with Crippen molar-refractivity contribution in [1.82, 2.24) is 4.98 Å². The number of fused-ring (bicyclic) bond motifs is 3. The SMILES string of the molecule is CCOC(=O)c1cc2c(s1)-c1cnccc1N(C)CC2. The van der Waals surface area contributed by atoms with Crippen molar-refractivity contribution in [1.29, 1.82) is 0 Å². The number of hydrogen-bond donors (Lipinski definition) is 0. The topological polar surface area (TPSA) is 42.4 Å². The predicted octanol–water partition coefficient (Wildman–Crippen LogP) is 2.98. The number of likely N-dealkylation sites (N-methyl/N-ethyl adjacent to an activating group) is 1. The van der Waals surface area contributed by atoms with Gasteiger partial charge >= 0.3 is 5.97 Å². The van der Waals surface area contributed by atoms with Gasteiger partial charge in [-0.15, -0.1) is 11.3 Å². The van der Waals surface area contributed by atoms with E-state index in [1.165, 1.54) is 16.9 Å². The van der Waals surface area contributed by atoms with Gasteiger partial charge in [-0.05, 0) is 31.0 Å². The Morgan fingerprint density at radius 2 is 2.40 bits per heavy atom. The number of carbonyl (C=O) groups is 1. The van der Waals surface area contributed by atoms with Crippen LogP contribution in [0.25, 0.3) is 10.4 Å². The van der Waals surface area contributed by atoms with E-state index < -0.39 is 0 Å².